The third kappa shape index (κ3) is 3.09. The average molecular weight is 271 g/mol. The Labute approximate surface area is 118 Å². The van der Waals surface area contributed by atoms with E-state index in [1.807, 2.05) is 19.1 Å². The maximum atomic E-state index is 11.9. The molecule has 0 spiro atoms. The normalized spacial score (nSPS) is 10.1. The topological polar surface area (TPSA) is 58.6 Å². The molecule has 0 unspecified atom stereocenters. The maximum Gasteiger partial charge on any atom is 0.340 e. The van der Waals surface area contributed by atoms with Crippen LogP contribution < -0.4 is 5.32 Å². The monoisotopic (exact) mass is 271 g/mol. The third-order valence-corrected chi connectivity index (χ3v) is 2.90. The average Bonchev–Trinajstić information content (AvgIpc) is 2.43. The number of phenolic OH excluding ortho intramolecular Hbond substituents is 1. The van der Waals surface area contributed by atoms with Gasteiger partial charge in [-0.15, -0.1) is 0 Å². The lowest BCUT2D eigenvalue weighted by Crippen LogP contribution is -2.08. The highest BCUT2D eigenvalue weighted by Crippen LogP contribution is 2.26. The summed E-state index contributed by atoms with van der Waals surface area (Å²) < 4.78 is 5.04. The maximum absolute atomic E-state index is 11.9. The predicted molar refractivity (Wildman–Crippen MR) is 78.5 cm³/mol. The zero-order chi connectivity index (χ0) is 14.5. The van der Waals surface area contributed by atoms with Crippen molar-refractivity contribution in [2.45, 2.75) is 13.8 Å². The Balaban J connectivity index is 2.31. The van der Waals surface area contributed by atoms with Crippen molar-refractivity contribution in [3.63, 3.8) is 0 Å². The fourth-order valence-corrected chi connectivity index (χ4v) is 1.91. The van der Waals surface area contributed by atoms with Crippen molar-refractivity contribution in [1.29, 1.82) is 0 Å². The van der Waals surface area contributed by atoms with Crippen LogP contribution in [0.25, 0.3) is 0 Å². The quantitative estimate of drug-likeness (QED) is 0.658. The first-order valence-corrected chi connectivity index (χ1v) is 6.44. The van der Waals surface area contributed by atoms with Gasteiger partial charge in [0.2, 0.25) is 0 Å². The number of anilines is 2. The Morgan fingerprint density at radius 3 is 2.65 bits per heavy atom. The number of aryl methyl sites for hydroxylation is 1. The van der Waals surface area contributed by atoms with E-state index in [2.05, 4.69) is 5.32 Å². The Morgan fingerprint density at radius 1 is 1.20 bits per heavy atom. The number of ether oxygens (including phenoxy) is 1. The fourth-order valence-electron chi connectivity index (χ4n) is 1.91. The van der Waals surface area contributed by atoms with Crippen LogP contribution in [0.4, 0.5) is 11.4 Å². The van der Waals surface area contributed by atoms with Gasteiger partial charge in [0.25, 0.3) is 0 Å². The number of aromatic hydroxyl groups is 1. The van der Waals surface area contributed by atoms with Crippen molar-refractivity contribution >= 4 is 17.3 Å². The van der Waals surface area contributed by atoms with Gasteiger partial charge in [-0.05, 0) is 49.7 Å². The molecule has 20 heavy (non-hydrogen) atoms. The van der Waals surface area contributed by atoms with Gasteiger partial charge < -0.3 is 15.2 Å². The van der Waals surface area contributed by atoms with E-state index < -0.39 is 0 Å². The number of esters is 1. The first-order valence-electron chi connectivity index (χ1n) is 6.44. The van der Waals surface area contributed by atoms with Crippen LogP contribution in [0.1, 0.15) is 22.8 Å². The summed E-state index contributed by atoms with van der Waals surface area (Å²) >= 11 is 0. The number of phenols is 1. The number of benzene rings is 2. The molecule has 0 aromatic heterocycles. The lowest BCUT2D eigenvalue weighted by Gasteiger charge is -2.13. The summed E-state index contributed by atoms with van der Waals surface area (Å²) in [6.07, 6.45) is 0. The van der Waals surface area contributed by atoms with Gasteiger partial charge >= 0.3 is 5.97 Å². The standard InChI is InChI=1S/C16H17NO3/c1-3-20-16(19)13-6-4-5-7-15(13)17-14-9-8-12(18)10-11(14)2/h4-10,17-18H,3H2,1-2H3. The molecular weight excluding hydrogens is 254 g/mol. The molecule has 4 nitrogen and oxygen atoms in total. The SMILES string of the molecule is CCOC(=O)c1ccccc1Nc1ccc(O)cc1C. The van der Waals surface area contributed by atoms with E-state index in [9.17, 15) is 9.90 Å². The molecule has 0 aliphatic rings. The first kappa shape index (κ1) is 13.9. The van der Waals surface area contributed by atoms with Crippen LogP contribution in [0.15, 0.2) is 42.5 Å². The van der Waals surface area contributed by atoms with Crippen LogP contribution >= 0.6 is 0 Å². The second-order valence-corrected chi connectivity index (χ2v) is 4.39. The Morgan fingerprint density at radius 2 is 1.95 bits per heavy atom. The van der Waals surface area contributed by atoms with Crippen LogP contribution in [0.3, 0.4) is 0 Å². The molecule has 0 bridgehead atoms. The minimum atomic E-state index is -0.355. The zero-order valence-corrected chi connectivity index (χ0v) is 11.5. The summed E-state index contributed by atoms with van der Waals surface area (Å²) in [7, 11) is 0. The van der Waals surface area contributed by atoms with Crippen LogP contribution in [-0.2, 0) is 4.74 Å². The van der Waals surface area contributed by atoms with Crippen LogP contribution in [0, 0.1) is 6.92 Å². The number of para-hydroxylation sites is 1. The van der Waals surface area contributed by atoms with Gasteiger partial charge in [0, 0.05) is 5.69 Å². The summed E-state index contributed by atoms with van der Waals surface area (Å²) in [5.74, 6) is -0.140. The van der Waals surface area contributed by atoms with Crippen molar-refractivity contribution in [3.8, 4) is 5.75 Å². The van der Waals surface area contributed by atoms with E-state index in [1.165, 1.54) is 0 Å². The Kier molecular flexibility index (Phi) is 4.25. The summed E-state index contributed by atoms with van der Waals surface area (Å²) in [6.45, 7) is 4.00. The van der Waals surface area contributed by atoms with Crippen molar-refractivity contribution in [3.05, 3.63) is 53.6 Å². The van der Waals surface area contributed by atoms with Gasteiger partial charge in [0.05, 0.1) is 17.9 Å². The Hall–Kier alpha value is -2.49. The molecule has 0 saturated carbocycles. The van der Waals surface area contributed by atoms with E-state index >= 15 is 0 Å². The molecule has 0 fully saturated rings. The fraction of sp³-hybridized carbons (Fsp3) is 0.188. The second-order valence-electron chi connectivity index (χ2n) is 4.39. The lowest BCUT2D eigenvalue weighted by atomic mass is 10.1. The smallest absolute Gasteiger partial charge is 0.340 e. The number of nitrogens with one attached hydrogen (secondary N) is 1. The molecule has 2 aromatic carbocycles. The first-order chi connectivity index (χ1) is 9.61. The summed E-state index contributed by atoms with van der Waals surface area (Å²) in [6, 6.07) is 12.2. The van der Waals surface area contributed by atoms with E-state index in [0.717, 1.165) is 11.3 Å². The van der Waals surface area contributed by atoms with Crippen molar-refractivity contribution in [2.75, 3.05) is 11.9 Å². The van der Waals surface area contributed by atoms with Gasteiger partial charge in [-0.3, -0.25) is 0 Å². The zero-order valence-electron chi connectivity index (χ0n) is 11.5. The molecule has 0 amide bonds. The van der Waals surface area contributed by atoms with Crippen LogP contribution in [-0.4, -0.2) is 17.7 Å². The molecule has 0 aliphatic carbocycles. The largest absolute Gasteiger partial charge is 0.508 e. The number of hydrogen-bond acceptors (Lipinski definition) is 4. The third-order valence-electron chi connectivity index (χ3n) is 2.90. The highest BCUT2D eigenvalue weighted by Gasteiger charge is 2.12. The summed E-state index contributed by atoms with van der Waals surface area (Å²) in [5, 5.41) is 12.6. The molecule has 0 aliphatic heterocycles. The number of carbonyl (C=O) groups excluding carboxylic acids is 1. The molecule has 104 valence electrons. The Bertz CT molecular complexity index is 623. The molecule has 0 radical (unpaired) electrons. The number of carbonyl (C=O) groups is 1. The van der Waals surface area contributed by atoms with Crippen LogP contribution in [0.2, 0.25) is 0 Å². The minimum Gasteiger partial charge on any atom is -0.508 e. The van der Waals surface area contributed by atoms with E-state index in [4.69, 9.17) is 4.74 Å². The van der Waals surface area contributed by atoms with E-state index in [0.29, 0.717) is 17.9 Å². The summed E-state index contributed by atoms with van der Waals surface area (Å²) in [4.78, 5) is 11.9. The number of rotatable bonds is 4. The highest BCUT2D eigenvalue weighted by atomic mass is 16.5. The van der Waals surface area contributed by atoms with Gasteiger partial charge in [0.15, 0.2) is 0 Å². The minimum absolute atomic E-state index is 0.215. The molecule has 0 atom stereocenters. The molecule has 4 heteroatoms. The van der Waals surface area contributed by atoms with Crippen molar-refractivity contribution in [2.24, 2.45) is 0 Å². The molecule has 2 N–H and O–H groups in total. The van der Waals surface area contributed by atoms with E-state index in [1.54, 1.807) is 37.3 Å². The van der Waals surface area contributed by atoms with Gasteiger partial charge in [-0.25, -0.2) is 4.79 Å². The molecule has 0 heterocycles. The molecular formula is C16H17NO3. The van der Waals surface area contributed by atoms with Gasteiger partial charge in [-0.1, -0.05) is 12.1 Å². The molecule has 2 rings (SSSR count). The predicted octanol–water partition coefficient (Wildman–Crippen LogP) is 3.62. The van der Waals surface area contributed by atoms with Crippen LogP contribution in [0.5, 0.6) is 5.75 Å². The van der Waals surface area contributed by atoms with Crippen molar-refractivity contribution in [1.82, 2.24) is 0 Å². The molecule has 2 aromatic rings. The summed E-state index contributed by atoms with van der Waals surface area (Å²) in [5.41, 5.74) is 2.89. The van der Waals surface area contributed by atoms with Gasteiger partial charge in [-0.2, -0.15) is 0 Å². The number of hydrogen-bond donors (Lipinski definition) is 2. The second kappa shape index (κ2) is 6.10. The lowest BCUT2D eigenvalue weighted by molar-refractivity contribution is 0.0527. The molecule has 0 saturated heterocycles. The van der Waals surface area contributed by atoms with Crippen molar-refractivity contribution < 1.29 is 14.6 Å². The van der Waals surface area contributed by atoms with Gasteiger partial charge in [0.1, 0.15) is 5.75 Å². The van der Waals surface area contributed by atoms with E-state index in [-0.39, 0.29) is 11.7 Å². The highest BCUT2D eigenvalue weighted by molar-refractivity contribution is 5.96.